The molecule has 0 spiro atoms. The second-order valence-electron chi connectivity index (χ2n) is 4.03. The van der Waals surface area contributed by atoms with Crippen molar-refractivity contribution in [1.29, 1.82) is 0 Å². The molecular formula is C11H16ClN3O. The molecule has 0 saturated heterocycles. The average Bonchev–Trinajstić information content (AvgIpc) is 2.94. The predicted octanol–water partition coefficient (Wildman–Crippen LogP) is 1.10. The zero-order valence-electron chi connectivity index (χ0n) is 9.14. The van der Waals surface area contributed by atoms with Gasteiger partial charge in [0.2, 0.25) is 0 Å². The van der Waals surface area contributed by atoms with Crippen LogP contribution in [0.4, 0.5) is 0 Å². The molecule has 1 saturated carbocycles. The normalized spacial score (nSPS) is 22.1. The van der Waals surface area contributed by atoms with Crippen LogP contribution in [0.5, 0.6) is 0 Å². The number of hydrogen-bond donors (Lipinski definition) is 2. The number of carbonyl (C=O) groups is 1. The summed E-state index contributed by atoms with van der Waals surface area (Å²) in [6.07, 6.45) is 2.70. The van der Waals surface area contributed by atoms with E-state index < -0.39 is 0 Å². The van der Waals surface area contributed by atoms with Crippen molar-refractivity contribution in [3.8, 4) is 0 Å². The van der Waals surface area contributed by atoms with Crippen LogP contribution in [0.2, 0.25) is 0 Å². The number of nitrogens with one attached hydrogen (secondary N) is 1. The van der Waals surface area contributed by atoms with Gasteiger partial charge in [-0.3, -0.25) is 9.78 Å². The van der Waals surface area contributed by atoms with Gasteiger partial charge in [-0.2, -0.15) is 0 Å². The van der Waals surface area contributed by atoms with Crippen molar-refractivity contribution in [1.82, 2.24) is 10.3 Å². The van der Waals surface area contributed by atoms with Gasteiger partial charge in [-0.15, -0.1) is 12.4 Å². The molecule has 2 atom stereocenters. The molecule has 1 heterocycles. The van der Waals surface area contributed by atoms with Crippen molar-refractivity contribution in [3.05, 3.63) is 29.6 Å². The number of nitrogens with zero attached hydrogens (tertiary/aromatic N) is 1. The van der Waals surface area contributed by atoms with Gasteiger partial charge in [0.05, 0.1) is 5.69 Å². The van der Waals surface area contributed by atoms with Gasteiger partial charge < -0.3 is 11.1 Å². The quantitative estimate of drug-likeness (QED) is 0.833. The molecule has 1 aliphatic rings. The standard InChI is InChI=1S/C11H15N3O.ClH/c1-7-4-10(7)14-11(15)8-2-3-13-9(5-8)6-12;/h2-3,5,7,10H,4,6,12H2,1H3,(H,14,15);1H. The fourth-order valence-corrected chi connectivity index (χ4v) is 1.51. The Hall–Kier alpha value is -1.13. The highest BCUT2D eigenvalue weighted by molar-refractivity contribution is 5.94. The number of halogens is 1. The SMILES string of the molecule is CC1CC1NC(=O)c1ccnc(CN)c1.Cl. The van der Waals surface area contributed by atoms with Crippen molar-refractivity contribution in [2.45, 2.75) is 25.9 Å². The van der Waals surface area contributed by atoms with Crippen LogP contribution >= 0.6 is 12.4 Å². The zero-order chi connectivity index (χ0) is 10.8. The highest BCUT2D eigenvalue weighted by atomic mass is 35.5. The second kappa shape index (κ2) is 5.27. The van der Waals surface area contributed by atoms with Gasteiger partial charge in [0, 0.05) is 24.3 Å². The number of hydrogen-bond acceptors (Lipinski definition) is 3. The lowest BCUT2D eigenvalue weighted by atomic mass is 10.2. The Balaban J connectivity index is 0.00000128. The van der Waals surface area contributed by atoms with E-state index in [1.807, 2.05) is 0 Å². The lowest BCUT2D eigenvalue weighted by Gasteiger charge is -2.04. The summed E-state index contributed by atoms with van der Waals surface area (Å²) in [5.74, 6) is 0.589. The number of carbonyl (C=O) groups excluding carboxylic acids is 1. The van der Waals surface area contributed by atoms with E-state index in [-0.39, 0.29) is 18.3 Å². The molecular weight excluding hydrogens is 226 g/mol. The van der Waals surface area contributed by atoms with Crippen LogP contribution < -0.4 is 11.1 Å². The van der Waals surface area contributed by atoms with Gasteiger partial charge in [0.1, 0.15) is 0 Å². The van der Waals surface area contributed by atoms with Crippen molar-refractivity contribution < 1.29 is 4.79 Å². The molecule has 0 aliphatic heterocycles. The largest absolute Gasteiger partial charge is 0.349 e. The third-order valence-electron chi connectivity index (χ3n) is 2.71. The molecule has 16 heavy (non-hydrogen) atoms. The molecule has 1 aliphatic carbocycles. The third kappa shape index (κ3) is 2.93. The van der Waals surface area contributed by atoms with Crippen LogP contribution in [0.15, 0.2) is 18.3 Å². The monoisotopic (exact) mass is 241 g/mol. The molecule has 2 unspecified atom stereocenters. The fourth-order valence-electron chi connectivity index (χ4n) is 1.51. The Labute approximate surface area is 101 Å². The lowest BCUT2D eigenvalue weighted by molar-refractivity contribution is 0.0949. The molecule has 1 fully saturated rings. The summed E-state index contributed by atoms with van der Waals surface area (Å²) < 4.78 is 0. The molecule has 88 valence electrons. The maximum atomic E-state index is 11.7. The fraction of sp³-hybridized carbons (Fsp3) is 0.455. The first-order chi connectivity index (χ1) is 7.20. The molecule has 0 aromatic carbocycles. The van der Waals surface area contributed by atoms with Gasteiger partial charge in [-0.25, -0.2) is 0 Å². The van der Waals surface area contributed by atoms with Gasteiger partial charge in [0.15, 0.2) is 0 Å². The summed E-state index contributed by atoms with van der Waals surface area (Å²) in [6, 6.07) is 3.80. The van der Waals surface area contributed by atoms with E-state index in [1.54, 1.807) is 18.3 Å². The number of amides is 1. The van der Waals surface area contributed by atoms with Gasteiger partial charge in [0.25, 0.3) is 5.91 Å². The molecule has 3 N–H and O–H groups in total. The van der Waals surface area contributed by atoms with Gasteiger partial charge in [-0.1, -0.05) is 6.92 Å². The lowest BCUT2D eigenvalue weighted by Crippen LogP contribution is -2.26. The van der Waals surface area contributed by atoms with Crippen LogP contribution in [0.3, 0.4) is 0 Å². The Kier molecular flexibility index (Phi) is 4.26. The average molecular weight is 242 g/mol. The smallest absolute Gasteiger partial charge is 0.251 e. The first-order valence-corrected chi connectivity index (χ1v) is 5.16. The van der Waals surface area contributed by atoms with E-state index in [2.05, 4.69) is 17.2 Å². The van der Waals surface area contributed by atoms with Gasteiger partial charge in [-0.05, 0) is 24.5 Å². The van der Waals surface area contributed by atoms with Crippen molar-refractivity contribution >= 4 is 18.3 Å². The Morgan fingerprint density at radius 1 is 1.69 bits per heavy atom. The van der Waals surface area contributed by atoms with Crippen LogP contribution in [0.1, 0.15) is 29.4 Å². The molecule has 1 aromatic heterocycles. The Morgan fingerprint density at radius 2 is 2.38 bits per heavy atom. The summed E-state index contributed by atoms with van der Waals surface area (Å²) in [5.41, 5.74) is 6.85. The highest BCUT2D eigenvalue weighted by Gasteiger charge is 2.33. The van der Waals surface area contributed by atoms with Gasteiger partial charge >= 0.3 is 0 Å². The minimum atomic E-state index is -0.0264. The van der Waals surface area contributed by atoms with Crippen LogP contribution in [-0.2, 0) is 6.54 Å². The molecule has 1 amide bonds. The summed E-state index contributed by atoms with van der Waals surface area (Å²) in [6.45, 7) is 2.49. The van der Waals surface area contributed by atoms with E-state index in [0.29, 0.717) is 24.1 Å². The second-order valence-corrected chi connectivity index (χ2v) is 4.03. The molecule has 2 rings (SSSR count). The van der Waals surface area contributed by atoms with Crippen LogP contribution in [0.25, 0.3) is 0 Å². The van der Waals surface area contributed by atoms with E-state index in [1.165, 1.54) is 0 Å². The first-order valence-electron chi connectivity index (χ1n) is 5.16. The minimum absolute atomic E-state index is 0. The summed E-state index contributed by atoms with van der Waals surface area (Å²) >= 11 is 0. The Morgan fingerprint density at radius 3 is 2.94 bits per heavy atom. The molecule has 4 nitrogen and oxygen atoms in total. The van der Waals surface area contributed by atoms with Crippen LogP contribution in [0, 0.1) is 5.92 Å². The molecule has 0 bridgehead atoms. The first kappa shape index (κ1) is 12.9. The van der Waals surface area contributed by atoms with E-state index in [9.17, 15) is 4.79 Å². The highest BCUT2D eigenvalue weighted by Crippen LogP contribution is 2.29. The summed E-state index contributed by atoms with van der Waals surface area (Å²) in [7, 11) is 0. The summed E-state index contributed by atoms with van der Waals surface area (Å²) in [5, 5.41) is 2.96. The minimum Gasteiger partial charge on any atom is -0.349 e. The third-order valence-corrected chi connectivity index (χ3v) is 2.71. The predicted molar refractivity (Wildman–Crippen MR) is 64.4 cm³/mol. The van der Waals surface area contributed by atoms with E-state index in [0.717, 1.165) is 12.1 Å². The summed E-state index contributed by atoms with van der Waals surface area (Å²) in [4.78, 5) is 15.8. The number of nitrogens with two attached hydrogens (primary N) is 1. The number of rotatable bonds is 3. The molecule has 0 radical (unpaired) electrons. The maximum Gasteiger partial charge on any atom is 0.251 e. The van der Waals surface area contributed by atoms with E-state index in [4.69, 9.17) is 5.73 Å². The zero-order valence-corrected chi connectivity index (χ0v) is 9.96. The van der Waals surface area contributed by atoms with Crippen molar-refractivity contribution in [2.24, 2.45) is 11.7 Å². The Bertz CT molecular complexity index is 383. The number of aromatic nitrogens is 1. The van der Waals surface area contributed by atoms with Crippen molar-refractivity contribution in [3.63, 3.8) is 0 Å². The topological polar surface area (TPSA) is 68.0 Å². The van der Waals surface area contributed by atoms with E-state index >= 15 is 0 Å². The number of pyridine rings is 1. The maximum absolute atomic E-state index is 11.7. The molecule has 5 heteroatoms. The molecule has 1 aromatic rings. The van der Waals surface area contributed by atoms with Crippen molar-refractivity contribution in [2.75, 3.05) is 0 Å². The van der Waals surface area contributed by atoms with Crippen LogP contribution in [-0.4, -0.2) is 16.9 Å².